The molecule has 3 heterocycles. The lowest BCUT2D eigenvalue weighted by molar-refractivity contribution is -0.318. The molecule has 2 aliphatic rings. The van der Waals surface area contributed by atoms with E-state index in [4.69, 9.17) is 28.1 Å². The molecule has 222 valence electrons. The average Bonchev–Trinajstić information content (AvgIpc) is 2.98. The van der Waals surface area contributed by atoms with Gasteiger partial charge in [-0.05, 0) is 36.8 Å². The molecule has 0 aliphatic carbocycles. The largest absolute Gasteiger partial charge is 0.497 e. The lowest BCUT2D eigenvalue weighted by Crippen LogP contribution is -2.61. The van der Waals surface area contributed by atoms with Gasteiger partial charge in [0, 0.05) is 6.07 Å². The van der Waals surface area contributed by atoms with E-state index in [1.165, 1.54) is 31.4 Å². The Labute approximate surface area is 233 Å². The third-order valence-corrected chi connectivity index (χ3v) is 7.30. The number of hydrogen-bond donors (Lipinski definition) is 6. The van der Waals surface area contributed by atoms with Gasteiger partial charge in [0.25, 0.3) is 0 Å². The fourth-order valence-corrected chi connectivity index (χ4v) is 4.78. The topological polar surface area (TPSA) is 198 Å². The lowest BCUT2D eigenvalue weighted by Gasteiger charge is -2.42. The van der Waals surface area contributed by atoms with Gasteiger partial charge in [-0.15, -0.1) is 0 Å². The zero-order valence-corrected chi connectivity index (χ0v) is 22.1. The Morgan fingerprint density at radius 2 is 1.44 bits per heavy atom. The van der Waals surface area contributed by atoms with E-state index in [0.29, 0.717) is 16.9 Å². The highest BCUT2D eigenvalue weighted by Crippen LogP contribution is 2.29. The molecule has 2 aromatic carbocycles. The molecule has 10 atom stereocenters. The molecule has 0 saturated carbocycles. The van der Waals surface area contributed by atoms with Crippen LogP contribution in [0, 0.1) is 0 Å². The molecule has 2 aliphatic heterocycles. The molecule has 0 spiro atoms. The quantitative estimate of drug-likeness (QED) is 0.211. The van der Waals surface area contributed by atoms with Gasteiger partial charge in [-0.1, -0.05) is 12.1 Å². The SMILES string of the molecule is COc1ccc(-c2coc3cc(O[C@@H]4O[C@H](CO[C@@H]5O[C@@H](C)[C@H](O)[C@@H](O)[C@H]5O)[C@@H](O)[C@H](O)[C@H]4O)ccc3c2=O)cc1. The molecule has 1 aromatic heterocycles. The second kappa shape index (κ2) is 12.0. The highest BCUT2D eigenvalue weighted by molar-refractivity contribution is 5.82. The summed E-state index contributed by atoms with van der Waals surface area (Å²) in [4.78, 5) is 13.1. The van der Waals surface area contributed by atoms with Crippen molar-refractivity contribution in [2.45, 2.75) is 68.3 Å². The number of aliphatic hydroxyl groups is 6. The van der Waals surface area contributed by atoms with E-state index in [-0.39, 0.29) is 22.1 Å². The summed E-state index contributed by atoms with van der Waals surface area (Å²) in [5, 5.41) is 61.6. The van der Waals surface area contributed by atoms with Crippen LogP contribution in [0.4, 0.5) is 0 Å². The first kappa shape index (κ1) is 29.4. The minimum absolute atomic E-state index is 0.141. The van der Waals surface area contributed by atoms with Crippen LogP contribution in [0.5, 0.6) is 11.5 Å². The van der Waals surface area contributed by atoms with Gasteiger partial charge in [-0.3, -0.25) is 4.79 Å². The van der Waals surface area contributed by atoms with Crippen molar-refractivity contribution in [1.82, 2.24) is 0 Å². The van der Waals surface area contributed by atoms with Crippen LogP contribution in [0.2, 0.25) is 0 Å². The number of rotatable bonds is 7. The lowest BCUT2D eigenvalue weighted by atomic mass is 9.98. The van der Waals surface area contributed by atoms with Gasteiger partial charge in [-0.25, -0.2) is 0 Å². The Morgan fingerprint density at radius 3 is 2.15 bits per heavy atom. The molecule has 6 N–H and O–H groups in total. The number of fused-ring (bicyclic) bond motifs is 1. The third-order valence-electron chi connectivity index (χ3n) is 7.30. The predicted octanol–water partition coefficient (Wildman–Crippen LogP) is -0.501. The summed E-state index contributed by atoms with van der Waals surface area (Å²) in [6.45, 7) is 1.06. The van der Waals surface area contributed by atoms with Crippen molar-refractivity contribution >= 4 is 11.0 Å². The van der Waals surface area contributed by atoms with Crippen molar-refractivity contribution in [3.63, 3.8) is 0 Å². The highest BCUT2D eigenvalue weighted by atomic mass is 16.7. The van der Waals surface area contributed by atoms with E-state index in [1.807, 2.05) is 0 Å². The summed E-state index contributed by atoms with van der Waals surface area (Å²) < 4.78 is 33.1. The van der Waals surface area contributed by atoms with E-state index < -0.39 is 68.0 Å². The van der Waals surface area contributed by atoms with Gasteiger partial charge in [0.05, 0.1) is 30.8 Å². The molecule has 0 radical (unpaired) electrons. The van der Waals surface area contributed by atoms with E-state index in [0.717, 1.165) is 0 Å². The van der Waals surface area contributed by atoms with Crippen molar-refractivity contribution in [3.05, 3.63) is 59.0 Å². The molecule has 13 heteroatoms. The van der Waals surface area contributed by atoms with Gasteiger partial charge in [0.15, 0.2) is 11.7 Å². The van der Waals surface area contributed by atoms with Crippen LogP contribution in [-0.4, -0.2) is 106 Å². The average molecular weight is 577 g/mol. The van der Waals surface area contributed by atoms with E-state index in [2.05, 4.69) is 0 Å². The second-order valence-corrected chi connectivity index (χ2v) is 10.0. The van der Waals surface area contributed by atoms with Crippen molar-refractivity contribution in [1.29, 1.82) is 0 Å². The summed E-state index contributed by atoms with van der Waals surface area (Å²) >= 11 is 0. The molecule has 0 amide bonds. The molecule has 0 unspecified atom stereocenters. The standard InChI is InChI=1S/C28H32O13/c1-12-20(29)23(32)25(34)27(39-12)38-11-19-22(31)24(33)26(35)28(41-19)40-15-7-8-16-18(9-15)37-10-17(21(16)30)13-3-5-14(36-2)6-4-13/h3-10,12,19-20,22-29,31-35H,11H2,1-2H3/t12-,19+,20-,22+,23+,24-,25+,26+,27+,28+/m0/s1. The molecule has 41 heavy (non-hydrogen) atoms. The molecule has 3 aromatic rings. The summed E-state index contributed by atoms with van der Waals surface area (Å²) in [5.41, 5.74) is 0.927. The Kier molecular flexibility index (Phi) is 8.61. The van der Waals surface area contributed by atoms with Crippen LogP contribution < -0.4 is 14.9 Å². The van der Waals surface area contributed by atoms with Gasteiger partial charge in [0.1, 0.15) is 66.1 Å². The normalized spacial score (nSPS) is 34.0. The maximum atomic E-state index is 13.1. The zero-order valence-electron chi connectivity index (χ0n) is 22.1. The maximum absolute atomic E-state index is 13.1. The fourth-order valence-electron chi connectivity index (χ4n) is 4.78. The summed E-state index contributed by atoms with van der Waals surface area (Å²) in [6, 6.07) is 11.3. The fraction of sp³-hybridized carbons (Fsp3) is 0.464. The van der Waals surface area contributed by atoms with Crippen LogP contribution in [0.3, 0.4) is 0 Å². The predicted molar refractivity (Wildman–Crippen MR) is 140 cm³/mol. The first-order chi connectivity index (χ1) is 19.6. The van der Waals surface area contributed by atoms with Crippen LogP contribution >= 0.6 is 0 Å². The minimum Gasteiger partial charge on any atom is -0.497 e. The first-order valence-electron chi connectivity index (χ1n) is 13.0. The van der Waals surface area contributed by atoms with Crippen LogP contribution in [-0.2, 0) is 14.2 Å². The molecule has 13 nitrogen and oxygen atoms in total. The Hall–Kier alpha value is -3.11. The number of methoxy groups -OCH3 is 1. The van der Waals surface area contributed by atoms with Gasteiger partial charge >= 0.3 is 0 Å². The van der Waals surface area contributed by atoms with Gasteiger partial charge in [0.2, 0.25) is 6.29 Å². The molecule has 0 bridgehead atoms. The Bertz CT molecular complexity index is 1390. The number of aliphatic hydroxyl groups excluding tert-OH is 6. The molecule has 2 saturated heterocycles. The smallest absolute Gasteiger partial charge is 0.229 e. The van der Waals surface area contributed by atoms with E-state index in [9.17, 15) is 35.4 Å². The van der Waals surface area contributed by atoms with Crippen molar-refractivity contribution in [3.8, 4) is 22.6 Å². The molecule has 5 rings (SSSR count). The van der Waals surface area contributed by atoms with Gasteiger partial charge < -0.3 is 58.7 Å². The zero-order chi connectivity index (χ0) is 29.4. The highest BCUT2D eigenvalue weighted by Gasteiger charge is 2.47. The van der Waals surface area contributed by atoms with E-state index >= 15 is 0 Å². The Balaban J connectivity index is 1.29. The van der Waals surface area contributed by atoms with Crippen LogP contribution in [0.25, 0.3) is 22.1 Å². The molecular formula is C28H32O13. The summed E-state index contributed by atoms with van der Waals surface area (Å²) in [6.07, 6.45) is -12.9. The third kappa shape index (κ3) is 5.81. The van der Waals surface area contributed by atoms with Crippen molar-refractivity contribution in [2.75, 3.05) is 13.7 Å². The minimum atomic E-state index is -1.68. The maximum Gasteiger partial charge on any atom is 0.229 e. The molecule has 2 fully saturated rings. The number of hydrogen-bond acceptors (Lipinski definition) is 13. The second-order valence-electron chi connectivity index (χ2n) is 10.0. The number of benzene rings is 2. The molecular weight excluding hydrogens is 544 g/mol. The van der Waals surface area contributed by atoms with Crippen molar-refractivity contribution in [2.24, 2.45) is 0 Å². The first-order valence-corrected chi connectivity index (χ1v) is 13.0. The monoisotopic (exact) mass is 576 g/mol. The van der Waals surface area contributed by atoms with Crippen molar-refractivity contribution < 1.29 is 58.7 Å². The van der Waals surface area contributed by atoms with Crippen LogP contribution in [0.1, 0.15) is 6.92 Å². The number of ether oxygens (including phenoxy) is 5. The van der Waals surface area contributed by atoms with Gasteiger partial charge in [-0.2, -0.15) is 0 Å². The van der Waals surface area contributed by atoms with E-state index in [1.54, 1.807) is 31.4 Å². The summed E-state index contributed by atoms with van der Waals surface area (Å²) in [5.74, 6) is 0.787. The van der Waals surface area contributed by atoms with Crippen LogP contribution in [0.15, 0.2) is 57.9 Å². The summed E-state index contributed by atoms with van der Waals surface area (Å²) in [7, 11) is 1.55. The Morgan fingerprint density at radius 1 is 0.780 bits per heavy atom.